The van der Waals surface area contributed by atoms with Gasteiger partial charge in [-0.05, 0) is 60.1 Å². The van der Waals surface area contributed by atoms with Crippen LogP contribution in [-0.4, -0.2) is 49.8 Å². The molecule has 1 unspecified atom stereocenters. The zero-order valence-corrected chi connectivity index (χ0v) is 30.2. The quantitative estimate of drug-likeness (QED) is 0.0472. The number of phosphoric ester groups is 1. The molecule has 4 rings (SSSR count). The number of hydrogen-bond donors (Lipinski definition) is 1. The van der Waals surface area contributed by atoms with Gasteiger partial charge in [-0.25, -0.2) is 4.57 Å². The number of unbranched alkanes of at least 4 members (excludes halogenated alkanes) is 3. The molecular formula is C40H53NO7P+. The molecule has 0 heterocycles. The van der Waals surface area contributed by atoms with Crippen LogP contribution in [0.4, 0.5) is 0 Å². The summed E-state index contributed by atoms with van der Waals surface area (Å²) in [6, 6.07) is 33.8. The van der Waals surface area contributed by atoms with E-state index in [0.717, 1.165) is 39.7 Å². The van der Waals surface area contributed by atoms with Gasteiger partial charge in [0.25, 0.3) is 0 Å². The number of hydrogen-bond acceptors (Lipinski definition) is 6. The Morgan fingerprint density at radius 3 is 1.59 bits per heavy atom. The molecule has 0 saturated carbocycles. The van der Waals surface area contributed by atoms with E-state index in [1.807, 2.05) is 103 Å². The molecule has 8 nitrogen and oxygen atoms in total. The maximum atomic E-state index is 12.6. The number of rotatable bonds is 23. The highest BCUT2D eigenvalue weighted by Gasteiger charge is 2.24. The van der Waals surface area contributed by atoms with E-state index in [9.17, 15) is 9.46 Å². The highest BCUT2D eigenvalue weighted by molar-refractivity contribution is 7.47. The lowest BCUT2D eigenvalue weighted by atomic mass is 10.1. The van der Waals surface area contributed by atoms with Crippen molar-refractivity contribution in [3.8, 4) is 17.2 Å². The topological polar surface area (TPSA) is 83.5 Å². The minimum Gasteiger partial charge on any atom is -0.485 e. The highest BCUT2D eigenvalue weighted by Crippen LogP contribution is 2.44. The Morgan fingerprint density at radius 1 is 0.592 bits per heavy atom. The number of likely N-dealkylation sites (N-methyl/N-ethyl adjacent to an activating group) is 1. The summed E-state index contributed by atoms with van der Waals surface area (Å²) in [5, 5.41) is 0. The Kier molecular flexibility index (Phi) is 15.7. The molecule has 4 aromatic rings. The summed E-state index contributed by atoms with van der Waals surface area (Å²) in [6.07, 6.45) is 5.81. The third-order valence-corrected chi connectivity index (χ3v) is 9.23. The van der Waals surface area contributed by atoms with E-state index in [-0.39, 0.29) is 13.2 Å². The van der Waals surface area contributed by atoms with Crippen molar-refractivity contribution in [2.45, 2.75) is 65.3 Å². The van der Waals surface area contributed by atoms with Crippen molar-refractivity contribution in [1.29, 1.82) is 0 Å². The monoisotopic (exact) mass is 690 g/mol. The van der Waals surface area contributed by atoms with Gasteiger partial charge in [0.15, 0.2) is 11.5 Å². The zero-order valence-electron chi connectivity index (χ0n) is 29.3. The van der Waals surface area contributed by atoms with Gasteiger partial charge in [0.1, 0.15) is 33.0 Å². The second-order valence-electron chi connectivity index (χ2n) is 12.9. The van der Waals surface area contributed by atoms with Gasteiger partial charge >= 0.3 is 7.82 Å². The Balaban J connectivity index is 1.42. The van der Waals surface area contributed by atoms with Gasteiger partial charge < -0.3 is 23.6 Å². The molecule has 0 radical (unpaired) electrons. The molecule has 4 aromatic carbocycles. The first-order valence-corrected chi connectivity index (χ1v) is 18.8. The van der Waals surface area contributed by atoms with E-state index >= 15 is 0 Å². The van der Waals surface area contributed by atoms with Crippen LogP contribution in [0.1, 0.15) is 61.3 Å². The van der Waals surface area contributed by atoms with E-state index in [1.165, 1.54) is 19.3 Å². The predicted octanol–water partition coefficient (Wildman–Crippen LogP) is 9.15. The van der Waals surface area contributed by atoms with Crippen LogP contribution < -0.4 is 14.2 Å². The summed E-state index contributed by atoms with van der Waals surface area (Å²) in [7, 11) is 0.0639. The fourth-order valence-electron chi connectivity index (χ4n) is 5.31. The average molecular weight is 691 g/mol. The van der Waals surface area contributed by atoms with Crippen molar-refractivity contribution in [1.82, 2.24) is 0 Å². The number of phosphoric acid groups is 1. The van der Waals surface area contributed by atoms with Crippen molar-refractivity contribution in [3.05, 3.63) is 125 Å². The van der Waals surface area contributed by atoms with E-state index in [1.54, 1.807) is 0 Å². The molecule has 1 N–H and O–H groups in total. The van der Waals surface area contributed by atoms with Gasteiger partial charge in [0.2, 0.25) is 5.75 Å². The molecule has 1 atom stereocenters. The SMILES string of the molecule is CCCCCC[N+](C)(C)CCOP(=O)(O)OCCCc1cc(OCc2ccccc2)c(OCc2ccccc2)c(OCc2ccccc2)c1. The molecule has 0 bridgehead atoms. The fraction of sp³-hybridized carbons (Fsp3) is 0.400. The number of quaternary nitrogens is 1. The van der Waals surface area contributed by atoms with Crippen LogP contribution in [-0.2, 0) is 39.9 Å². The summed E-state index contributed by atoms with van der Waals surface area (Å²) in [4.78, 5) is 10.3. The fourth-order valence-corrected chi connectivity index (χ4v) is 6.05. The Bertz CT molecular complexity index is 1490. The minimum absolute atomic E-state index is 0.0652. The van der Waals surface area contributed by atoms with Crippen molar-refractivity contribution < 1.29 is 37.2 Å². The molecule has 0 aliphatic rings. The predicted molar refractivity (Wildman–Crippen MR) is 195 cm³/mol. The van der Waals surface area contributed by atoms with Crippen LogP contribution in [0.2, 0.25) is 0 Å². The molecule has 264 valence electrons. The lowest BCUT2D eigenvalue weighted by molar-refractivity contribution is -0.890. The van der Waals surface area contributed by atoms with Gasteiger partial charge in [-0.3, -0.25) is 9.05 Å². The summed E-state index contributed by atoms with van der Waals surface area (Å²) in [5.74, 6) is 1.65. The van der Waals surface area contributed by atoms with Crippen LogP contribution in [0.3, 0.4) is 0 Å². The second kappa shape index (κ2) is 20.1. The van der Waals surface area contributed by atoms with Crippen LogP contribution in [0.15, 0.2) is 103 Å². The molecule has 0 aliphatic heterocycles. The normalized spacial score (nSPS) is 12.7. The van der Waals surface area contributed by atoms with Crippen molar-refractivity contribution in [2.75, 3.05) is 40.4 Å². The highest BCUT2D eigenvalue weighted by atomic mass is 31.2. The van der Waals surface area contributed by atoms with E-state index < -0.39 is 7.82 Å². The van der Waals surface area contributed by atoms with Crippen LogP contribution in [0.5, 0.6) is 17.2 Å². The van der Waals surface area contributed by atoms with Gasteiger partial charge in [0.05, 0.1) is 27.2 Å². The molecular weight excluding hydrogens is 637 g/mol. The summed E-state index contributed by atoms with van der Waals surface area (Å²) in [5.41, 5.74) is 4.01. The van der Waals surface area contributed by atoms with Gasteiger partial charge in [0, 0.05) is 0 Å². The van der Waals surface area contributed by atoms with Gasteiger partial charge in [-0.15, -0.1) is 0 Å². The van der Waals surface area contributed by atoms with E-state index in [2.05, 4.69) is 21.0 Å². The number of benzene rings is 4. The van der Waals surface area contributed by atoms with Crippen molar-refractivity contribution in [2.24, 2.45) is 0 Å². The molecule has 9 heteroatoms. The van der Waals surface area contributed by atoms with Crippen LogP contribution in [0, 0.1) is 0 Å². The molecule has 49 heavy (non-hydrogen) atoms. The first kappa shape index (κ1) is 38.2. The third kappa shape index (κ3) is 14.4. The van der Waals surface area contributed by atoms with E-state index in [4.69, 9.17) is 23.3 Å². The summed E-state index contributed by atoms with van der Waals surface area (Å²) >= 11 is 0. The Hall–Kier alpha value is -3.65. The van der Waals surface area contributed by atoms with Gasteiger partial charge in [-0.1, -0.05) is 111 Å². The number of aryl methyl sites for hydroxylation is 1. The number of nitrogens with zero attached hydrogens (tertiary/aromatic N) is 1. The first-order chi connectivity index (χ1) is 23.7. The smallest absolute Gasteiger partial charge is 0.472 e. The van der Waals surface area contributed by atoms with Crippen molar-refractivity contribution >= 4 is 7.82 Å². The maximum absolute atomic E-state index is 12.6. The number of ether oxygens (including phenoxy) is 3. The van der Waals surface area contributed by atoms with Crippen LogP contribution in [0.25, 0.3) is 0 Å². The second-order valence-corrected chi connectivity index (χ2v) is 14.4. The molecule has 0 fully saturated rings. The average Bonchev–Trinajstić information content (AvgIpc) is 3.10. The molecule has 0 saturated heterocycles. The first-order valence-electron chi connectivity index (χ1n) is 17.3. The van der Waals surface area contributed by atoms with Crippen LogP contribution >= 0.6 is 7.82 Å². The third-order valence-electron chi connectivity index (χ3n) is 8.21. The standard InChI is InChI=1S/C40H52NO7P/c1-4-5-6-16-25-41(2,3)26-28-48-49(42,43)47-27-17-24-37-29-38(44-31-34-18-10-7-11-19-34)40(46-33-36-22-14-9-15-23-36)39(30-37)45-32-35-20-12-8-13-21-35/h7-15,18-23,29-30H,4-6,16-17,24-28,31-33H2,1-3H3/p+1. The van der Waals surface area contributed by atoms with Gasteiger partial charge in [-0.2, -0.15) is 0 Å². The zero-order chi connectivity index (χ0) is 34.8. The molecule has 0 amide bonds. The van der Waals surface area contributed by atoms with Crippen molar-refractivity contribution in [3.63, 3.8) is 0 Å². The minimum atomic E-state index is -4.17. The molecule has 0 aliphatic carbocycles. The Labute approximate surface area is 292 Å². The molecule has 0 aromatic heterocycles. The molecule has 0 spiro atoms. The largest absolute Gasteiger partial charge is 0.485 e. The van der Waals surface area contributed by atoms with E-state index in [0.29, 0.717) is 56.5 Å². The lowest BCUT2D eigenvalue weighted by Gasteiger charge is -2.29. The lowest BCUT2D eigenvalue weighted by Crippen LogP contribution is -2.42. The maximum Gasteiger partial charge on any atom is 0.472 e. The summed E-state index contributed by atoms with van der Waals surface area (Å²) in [6.45, 7) is 5.11. The summed E-state index contributed by atoms with van der Waals surface area (Å²) < 4.78 is 43.2. The Morgan fingerprint density at radius 2 is 1.08 bits per heavy atom.